The molecule has 2 heterocycles. The van der Waals surface area contributed by atoms with Gasteiger partial charge in [-0.25, -0.2) is 4.39 Å². The van der Waals surface area contributed by atoms with Crippen LogP contribution >= 0.6 is 11.8 Å². The Labute approximate surface area is 180 Å². The molecule has 0 aromatic heterocycles. The monoisotopic (exact) mass is 424 g/mol. The lowest BCUT2D eigenvalue weighted by atomic mass is 9.94. The van der Waals surface area contributed by atoms with Crippen molar-refractivity contribution in [3.63, 3.8) is 0 Å². The van der Waals surface area contributed by atoms with E-state index in [1.165, 1.54) is 12.1 Å². The largest absolute Gasteiger partial charge is 0.349 e. The molecule has 30 heavy (non-hydrogen) atoms. The summed E-state index contributed by atoms with van der Waals surface area (Å²) in [5.74, 6) is 0.509. The number of carbonyl (C=O) groups is 2. The Morgan fingerprint density at radius 3 is 2.60 bits per heavy atom. The number of nitrogens with one attached hydrogen (secondary N) is 1. The fourth-order valence-corrected chi connectivity index (χ4v) is 5.11. The zero-order valence-electron chi connectivity index (χ0n) is 16.7. The average molecular weight is 425 g/mol. The van der Waals surface area contributed by atoms with Crippen molar-refractivity contribution in [2.45, 2.75) is 30.2 Å². The molecule has 2 aliphatic heterocycles. The summed E-state index contributed by atoms with van der Waals surface area (Å²) < 4.78 is 13.7. The molecule has 1 saturated heterocycles. The summed E-state index contributed by atoms with van der Waals surface area (Å²) >= 11 is 1.70. The topological polar surface area (TPSA) is 49.4 Å². The van der Waals surface area contributed by atoms with E-state index in [9.17, 15) is 14.0 Å². The summed E-state index contributed by atoms with van der Waals surface area (Å²) in [7, 11) is 0. The average Bonchev–Trinajstić information content (AvgIpc) is 2.78. The van der Waals surface area contributed by atoms with Crippen molar-refractivity contribution in [1.82, 2.24) is 10.2 Å². The first-order chi connectivity index (χ1) is 14.6. The molecule has 0 aliphatic carbocycles. The second-order valence-corrected chi connectivity index (χ2v) is 8.86. The highest BCUT2D eigenvalue weighted by Crippen LogP contribution is 2.36. The molecule has 1 atom stereocenters. The molecule has 0 radical (unpaired) electrons. The zero-order valence-corrected chi connectivity index (χ0v) is 17.5. The van der Waals surface area contributed by atoms with Crippen molar-refractivity contribution >= 4 is 29.7 Å². The number of hydrogen-bond acceptors (Lipinski definition) is 3. The third kappa shape index (κ3) is 4.93. The Morgan fingerprint density at radius 2 is 1.83 bits per heavy atom. The fourth-order valence-electron chi connectivity index (χ4n) is 4.00. The van der Waals surface area contributed by atoms with Crippen molar-refractivity contribution in [1.29, 1.82) is 0 Å². The molecule has 2 aromatic carbocycles. The van der Waals surface area contributed by atoms with Crippen molar-refractivity contribution in [3.05, 3.63) is 71.6 Å². The smallest absolute Gasteiger partial charge is 0.246 e. The Kier molecular flexibility index (Phi) is 6.53. The summed E-state index contributed by atoms with van der Waals surface area (Å²) in [5.41, 5.74) is 1.86. The molecule has 0 spiro atoms. The van der Waals surface area contributed by atoms with Crippen LogP contribution in [0.25, 0.3) is 6.08 Å². The van der Waals surface area contributed by atoms with Gasteiger partial charge in [0.2, 0.25) is 11.8 Å². The van der Waals surface area contributed by atoms with E-state index >= 15 is 0 Å². The number of likely N-dealkylation sites (tertiary alicyclic amines) is 1. The molecule has 1 N–H and O–H groups in total. The Bertz CT molecular complexity index is 939. The van der Waals surface area contributed by atoms with Crippen LogP contribution in [0.15, 0.2) is 59.5 Å². The van der Waals surface area contributed by atoms with Gasteiger partial charge in [0.25, 0.3) is 0 Å². The molecular weight excluding hydrogens is 399 g/mol. The molecule has 4 nitrogen and oxygen atoms in total. The van der Waals surface area contributed by atoms with E-state index in [1.54, 1.807) is 28.8 Å². The first-order valence-corrected chi connectivity index (χ1v) is 11.3. The van der Waals surface area contributed by atoms with Crippen LogP contribution in [0.2, 0.25) is 0 Å². The standard InChI is InChI=1S/C24H25FN2O2S/c25-19-7-8-22-20(16-19)21(12-15-30-22)26-24(29)18-10-13-27(14-11-18)23(28)9-6-17-4-2-1-3-5-17/h1-9,16,18,21H,10-15H2,(H,26,29)/b9-6+. The molecule has 2 aromatic rings. The van der Waals surface area contributed by atoms with Gasteiger partial charge < -0.3 is 10.2 Å². The minimum atomic E-state index is -0.272. The van der Waals surface area contributed by atoms with Crippen LogP contribution in [0.5, 0.6) is 0 Å². The van der Waals surface area contributed by atoms with Crippen LogP contribution in [-0.4, -0.2) is 35.6 Å². The van der Waals surface area contributed by atoms with E-state index in [4.69, 9.17) is 0 Å². The number of amides is 2. The summed E-state index contributed by atoms with van der Waals surface area (Å²) in [4.78, 5) is 28.1. The summed E-state index contributed by atoms with van der Waals surface area (Å²) in [6, 6.07) is 14.4. The van der Waals surface area contributed by atoms with Crippen LogP contribution < -0.4 is 5.32 Å². The molecule has 4 rings (SSSR count). The highest BCUT2D eigenvalue weighted by atomic mass is 32.2. The van der Waals surface area contributed by atoms with Crippen LogP contribution in [-0.2, 0) is 9.59 Å². The molecule has 0 saturated carbocycles. The number of benzene rings is 2. The number of piperidine rings is 1. The van der Waals surface area contributed by atoms with Crippen molar-refractivity contribution in [2.24, 2.45) is 5.92 Å². The van der Waals surface area contributed by atoms with Crippen LogP contribution in [0.1, 0.15) is 36.4 Å². The highest BCUT2D eigenvalue weighted by Gasteiger charge is 2.29. The van der Waals surface area contributed by atoms with Gasteiger partial charge in [0.1, 0.15) is 5.82 Å². The minimum absolute atomic E-state index is 0.00837. The molecule has 1 unspecified atom stereocenters. The summed E-state index contributed by atoms with van der Waals surface area (Å²) in [5, 5.41) is 3.13. The third-order valence-corrected chi connectivity index (χ3v) is 6.85. The molecule has 156 valence electrons. The quantitative estimate of drug-likeness (QED) is 0.739. The molecular formula is C24H25FN2O2S. The van der Waals surface area contributed by atoms with Gasteiger partial charge in [-0.3, -0.25) is 9.59 Å². The van der Waals surface area contributed by atoms with Gasteiger partial charge in [0.05, 0.1) is 6.04 Å². The van der Waals surface area contributed by atoms with E-state index in [0.29, 0.717) is 25.9 Å². The van der Waals surface area contributed by atoms with E-state index < -0.39 is 0 Å². The lowest BCUT2D eigenvalue weighted by molar-refractivity contribution is -0.132. The molecule has 6 heteroatoms. The normalized spacial score (nSPS) is 19.5. The zero-order chi connectivity index (χ0) is 20.9. The third-order valence-electron chi connectivity index (χ3n) is 5.72. The first-order valence-electron chi connectivity index (χ1n) is 10.3. The van der Waals surface area contributed by atoms with Crippen molar-refractivity contribution in [3.8, 4) is 0 Å². The van der Waals surface area contributed by atoms with Gasteiger partial charge >= 0.3 is 0 Å². The van der Waals surface area contributed by atoms with Crippen molar-refractivity contribution in [2.75, 3.05) is 18.8 Å². The SMILES string of the molecule is O=C(NC1CCSc2ccc(F)cc21)C1CCN(C(=O)/C=C/c2ccccc2)CC1. The number of halogens is 1. The second-order valence-electron chi connectivity index (χ2n) is 7.72. The number of hydrogen-bond donors (Lipinski definition) is 1. The Morgan fingerprint density at radius 1 is 1.07 bits per heavy atom. The number of nitrogens with zero attached hydrogens (tertiary/aromatic N) is 1. The minimum Gasteiger partial charge on any atom is -0.349 e. The number of fused-ring (bicyclic) bond motifs is 1. The highest BCUT2D eigenvalue weighted by molar-refractivity contribution is 7.99. The second kappa shape index (κ2) is 9.47. The van der Waals surface area contributed by atoms with E-state index in [2.05, 4.69) is 5.32 Å². The lowest BCUT2D eigenvalue weighted by Gasteiger charge is -2.32. The summed E-state index contributed by atoms with van der Waals surface area (Å²) in [6.45, 7) is 1.14. The van der Waals surface area contributed by atoms with Gasteiger partial charge in [-0.1, -0.05) is 30.3 Å². The molecule has 2 amide bonds. The van der Waals surface area contributed by atoms with Gasteiger partial charge in [-0.15, -0.1) is 11.8 Å². The van der Waals surface area contributed by atoms with Gasteiger partial charge in [-0.2, -0.15) is 0 Å². The number of thioether (sulfide) groups is 1. The number of carbonyl (C=O) groups excluding carboxylic acids is 2. The van der Waals surface area contributed by atoms with E-state index in [0.717, 1.165) is 28.2 Å². The summed E-state index contributed by atoms with van der Waals surface area (Å²) in [6.07, 6.45) is 5.51. The number of rotatable bonds is 4. The fraction of sp³-hybridized carbons (Fsp3) is 0.333. The Balaban J connectivity index is 1.30. The lowest BCUT2D eigenvalue weighted by Crippen LogP contribution is -2.43. The predicted molar refractivity (Wildman–Crippen MR) is 117 cm³/mol. The molecule has 2 aliphatic rings. The molecule has 1 fully saturated rings. The van der Waals surface area contributed by atoms with Gasteiger partial charge in [0.15, 0.2) is 0 Å². The first kappa shape index (κ1) is 20.7. The molecule has 0 bridgehead atoms. The van der Waals surface area contributed by atoms with E-state index in [1.807, 2.05) is 36.4 Å². The van der Waals surface area contributed by atoms with Crippen LogP contribution in [0, 0.1) is 11.7 Å². The van der Waals surface area contributed by atoms with Gasteiger partial charge in [-0.05, 0) is 54.7 Å². The predicted octanol–water partition coefficient (Wildman–Crippen LogP) is 4.43. The van der Waals surface area contributed by atoms with Crippen LogP contribution in [0.3, 0.4) is 0 Å². The van der Waals surface area contributed by atoms with Crippen molar-refractivity contribution < 1.29 is 14.0 Å². The maximum Gasteiger partial charge on any atom is 0.246 e. The maximum absolute atomic E-state index is 13.7. The maximum atomic E-state index is 13.7. The Hall–Kier alpha value is -2.60. The van der Waals surface area contributed by atoms with Gasteiger partial charge in [0, 0.05) is 35.7 Å². The van der Waals surface area contributed by atoms with Crippen LogP contribution in [0.4, 0.5) is 4.39 Å². The van der Waals surface area contributed by atoms with E-state index in [-0.39, 0.29) is 29.6 Å².